The maximum absolute atomic E-state index is 10.9. The molecule has 162 valence electrons. The van der Waals surface area contributed by atoms with Crippen LogP contribution in [0.4, 0.5) is 17.5 Å². The van der Waals surface area contributed by atoms with Gasteiger partial charge in [0.05, 0.1) is 12.9 Å². The summed E-state index contributed by atoms with van der Waals surface area (Å²) in [5.41, 5.74) is 8.35. The number of nitrogens with two attached hydrogens (primary N) is 1. The number of rotatable bonds is 10. The first-order chi connectivity index (χ1) is 14.3. The summed E-state index contributed by atoms with van der Waals surface area (Å²) in [5.74, 6) is 0.620. The fourth-order valence-corrected chi connectivity index (χ4v) is 3.25. The molecule has 12 heteroatoms. The Balaban J connectivity index is 1.75. The van der Waals surface area contributed by atoms with Gasteiger partial charge in [-0.05, 0) is 24.5 Å². The van der Waals surface area contributed by atoms with Gasteiger partial charge in [0, 0.05) is 18.3 Å². The van der Waals surface area contributed by atoms with Gasteiger partial charge in [0.1, 0.15) is 17.6 Å². The number of phenolic OH excluding ortho intramolecular Hbond substituents is 1. The molecule has 0 radical (unpaired) electrons. The number of hydrogen-bond acceptors (Lipinski definition) is 8. The molecule has 3 rings (SSSR count). The van der Waals surface area contributed by atoms with Gasteiger partial charge >= 0.3 is 7.60 Å². The Bertz CT molecular complexity index is 1070. The third-order valence-electron chi connectivity index (χ3n) is 4.37. The van der Waals surface area contributed by atoms with E-state index in [-0.39, 0.29) is 30.7 Å². The molecule has 11 nitrogen and oxygen atoms in total. The van der Waals surface area contributed by atoms with E-state index in [4.69, 9.17) is 20.3 Å². The van der Waals surface area contributed by atoms with Crippen LogP contribution in [0.3, 0.4) is 0 Å². The van der Waals surface area contributed by atoms with Crippen molar-refractivity contribution in [1.82, 2.24) is 19.5 Å². The Labute approximate surface area is 173 Å². The third kappa shape index (κ3) is 5.67. The van der Waals surface area contributed by atoms with Crippen LogP contribution >= 0.6 is 7.60 Å². The van der Waals surface area contributed by atoms with Crippen molar-refractivity contribution < 1.29 is 24.2 Å². The fourth-order valence-electron chi connectivity index (χ4n) is 2.88. The summed E-state index contributed by atoms with van der Waals surface area (Å²) in [6.45, 7) is 2.44. The Morgan fingerprint density at radius 2 is 2.10 bits per heavy atom. The van der Waals surface area contributed by atoms with Gasteiger partial charge in [-0.1, -0.05) is 19.4 Å². The van der Waals surface area contributed by atoms with Gasteiger partial charge in [0.15, 0.2) is 11.5 Å². The number of anilines is 3. The van der Waals surface area contributed by atoms with E-state index < -0.39 is 13.9 Å². The zero-order valence-electron chi connectivity index (χ0n) is 16.5. The minimum Gasteiger partial charge on any atom is -0.508 e. The lowest BCUT2D eigenvalue weighted by Crippen LogP contribution is -2.08. The number of benzene rings is 1. The van der Waals surface area contributed by atoms with E-state index in [1.807, 2.05) is 12.1 Å². The Kier molecular flexibility index (Phi) is 6.88. The average Bonchev–Trinajstić information content (AvgIpc) is 3.07. The van der Waals surface area contributed by atoms with Gasteiger partial charge in [-0.3, -0.25) is 4.57 Å². The molecular weight excluding hydrogens is 411 g/mol. The van der Waals surface area contributed by atoms with E-state index in [1.165, 1.54) is 6.33 Å². The molecule has 0 unspecified atom stereocenters. The molecule has 2 heterocycles. The van der Waals surface area contributed by atoms with Gasteiger partial charge in [0.2, 0.25) is 5.95 Å². The van der Waals surface area contributed by atoms with Crippen molar-refractivity contribution in [1.29, 1.82) is 0 Å². The molecule has 0 fully saturated rings. The van der Waals surface area contributed by atoms with Crippen LogP contribution in [-0.2, 0) is 22.3 Å². The van der Waals surface area contributed by atoms with Crippen LogP contribution in [0, 0.1) is 0 Å². The highest BCUT2D eigenvalue weighted by atomic mass is 31.2. The number of phenols is 1. The molecule has 3 aromatic rings. The number of nitrogen functional groups attached to an aromatic ring is 1. The normalized spacial score (nSPS) is 11.8. The molecule has 0 aliphatic heterocycles. The minimum absolute atomic E-state index is 0.0658. The van der Waals surface area contributed by atoms with E-state index in [1.54, 1.807) is 10.6 Å². The van der Waals surface area contributed by atoms with Gasteiger partial charge in [-0.25, -0.2) is 4.98 Å². The topological polar surface area (TPSA) is 169 Å². The van der Waals surface area contributed by atoms with Gasteiger partial charge in [-0.2, -0.15) is 9.97 Å². The summed E-state index contributed by atoms with van der Waals surface area (Å²) in [6, 6.07) is 5.31. The molecule has 2 aromatic heterocycles. The molecule has 0 bridgehead atoms. The van der Waals surface area contributed by atoms with Crippen molar-refractivity contribution in [3.05, 3.63) is 30.1 Å². The Hall–Kier alpha value is -2.72. The van der Waals surface area contributed by atoms with Crippen LogP contribution in [0.15, 0.2) is 24.5 Å². The van der Waals surface area contributed by atoms with Gasteiger partial charge in [0.25, 0.3) is 0 Å². The maximum atomic E-state index is 10.9. The molecular formula is C18H25N6O5P. The third-order valence-corrected chi connectivity index (χ3v) is 4.89. The highest BCUT2D eigenvalue weighted by molar-refractivity contribution is 7.51. The zero-order chi connectivity index (χ0) is 21.7. The number of aryl methyl sites for hydroxylation is 1. The van der Waals surface area contributed by atoms with E-state index in [0.29, 0.717) is 16.9 Å². The zero-order valence-corrected chi connectivity index (χ0v) is 17.4. The molecule has 1 aromatic carbocycles. The number of aromatic hydroxyl groups is 1. The monoisotopic (exact) mass is 436 g/mol. The van der Waals surface area contributed by atoms with Crippen molar-refractivity contribution in [2.45, 2.75) is 32.7 Å². The predicted molar refractivity (Wildman–Crippen MR) is 113 cm³/mol. The minimum atomic E-state index is -4.21. The molecule has 0 aliphatic rings. The number of aromatic nitrogens is 4. The van der Waals surface area contributed by atoms with Gasteiger partial charge < -0.3 is 35.2 Å². The standard InChI is InChI=1S/C18H25N6O5P/c1-2-3-4-12-5-6-13(9-14(12)25)21-18-22-16(19)15-17(23-18)24(10-20-15)7-8-29-11-30(26,27)28/h5-6,9-10,25H,2-4,7-8,11H2,1H3,(H2,26,27,28)(H3,19,21,22,23). The van der Waals surface area contributed by atoms with Crippen molar-refractivity contribution in [2.24, 2.45) is 0 Å². The largest absolute Gasteiger partial charge is 0.508 e. The number of ether oxygens (including phenoxy) is 1. The maximum Gasteiger partial charge on any atom is 0.350 e. The lowest BCUT2D eigenvalue weighted by Gasteiger charge is -2.10. The van der Waals surface area contributed by atoms with Crippen molar-refractivity contribution >= 4 is 36.2 Å². The number of nitrogens with one attached hydrogen (secondary N) is 1. The Morgan fingerprint density at radius 3 is 2.80 bits per heavy atom. The number of imidazole rings is 1. The average molecular weight is 436 g/mol. The number of fused-ring (bicyclic) bond motifs is 1. The van der Waals surface area contributed by atoms with Crippen LogP contribution in [0.1, 0.15) is 25.3 Å². The summed E-state index contributed by atoms with van der Waals surface area (Å²) in [4.78, 5) is 30.5. The van der Waals surface area contributed by atoms with Crippen LogP contribution in [-0.4, -0.2) is 47.4 Å². The smallest absolute Gasteiger partial charge is 0.350 e. The van der Waals surface area contributed by atoms with E-state index >= 15 is 0 Å². The first kappa shape index (κ1) is 22.0. The number of hydrogen-bond donors (Lipinski definition) is 5. The van der Waals surface area contributed by atoms with Gasteiger partial charge in [-0.15, -0.1) is 0 Å². The summed E-state index contributed by atoms with van der Waals surface area (Å²) in [5, 5.41) is 13.2. The molecule has 0 aliphatic carbocycles. The quantitative estimate of drug-likeness (QED) is 0.235. The Morgan fingerprint density at radius 1 is 1.30 bits per heavy atom. The SMILES string of the molecule is CCCCc1ccc(Nc2nc(N)c3ncn(CCOCP(=O)(O)O)c3n2)cc1O. The van der Waals surface area contributed by atoms with E-state index in [2.05, 4.69) is 27.2 Å². The summed E-state index contributed by atoms with van der Waals surface area (Å²) < 4.78 is 17.5. The second-order valence-electron chi connectivity index (χ2n) is 6.82. The lowest BCUT2D eigenvalue weighted by atomic mass is 10.1. The second-order valence-corrected chi connectivity index (χ2v) is 8.40. The van der Waals surface area contributed by atoms with Crippen molar-refractivity contribution in [2.75, 3.05) is 24.0 Å². The molecule has 0 saturated heterocycles. The highest BCUT2D eigenvalue weighted by Gasteiger charge is 2.14. The molecule has 0 saturated carbocycles. The van der Waals surface area contributed by atoms with Crippen LogP contribution in [0.25, 0.3) is 11.2 Å². The molecule has 6 N–H and O–H groups in total. The molecule has 0 spiro atoms. The molecule has 30 heavy (non-hydrogen) atoms. The van der Waals surface area contributed by atoms with Crippen LogP contribution in [0.2, 0.25) is 0 Å². The summed E-state index contributed by atoms with van der Waals surface area (Å²) in [6.07, 6.45) is 3.71. The predicted octanol–water partition coefficient (Wildman–Crippen LogP) is 2.35. The first-order valence-corrected chi connectivity index (χ1v) is 11.3. The van der Waals surface area contributed by atoms with E-state index in [0.717, 1.165) is 24.8 Å². The van der Waals surface area contributed by atoms with Crippen LogP contribution in [0.5, 0.6) is 5.75 Å². The molecule has 0 amide bonds. The highest BCUT2D eigenvalue weighted by Crippen LogP contribution is 2.33. The van der Waals surface area contributed by atoms with Crippen molar-refractivity contribution in [3.8, 4) is 5.75 Å². The van der Waals surface area contributed by atoms with E-state index in [9.17, 15) is 9.67 Å². The first-order valence-electron chi connectivity index (χ1n) is 9.46. The molecule has 0 atom stereocenters. The number of unbranched alkanes of at least 4 members (excludes halogenated alkanes) is 1. The fraction of sp³-hybridized carbons (Fsp3) is 0.389. The summed E-state index contributed by atoms with van der Waals surface area (Å²) in [7, 11) is -4.21. The number of nitrogens with zero attached hydrogens (tertiary/aromatic N) is 4. The summed E-state index contributed by atoms with van der Waals surface area (Å²) >= 11 is 0. The van der Waals surface area contributed by atoms with Crippen LogP contribution < -0.4 is 11.1 Å². The second kappa shape index (κ2) is 9.40. The lowest BCUT2D eigenvalue weighted by molar-refractivity contribution is 0.149. The van der Waals surface area contributed by atoms with Crippen molar-refractivity contribution in [3.63, 3.8) is 0 Å².